The molecule has 0 bridgehead atoms. The van der Waals surface area contributed by atoms with Gasteiger partial charge in [0, 0.05) is 31.1 Å². The molecule has 12 heteroatoms. The Morgan fingerprint density at radius 2 is 2.03 bits per heavy atom. The maximum Gasteiger partial charge on any atom is 0.320 e. The number of aromatic nitrogens is 4. The molecule has 12 nitrogen and oxygen atoms in total. The molecule has 3 amide bonds. The lowest BCUT2D eigenvalue weighted by Gasteiger charge is -2.16. The van der Waals surface area contributed by atoms with Crippen LogP contribution in [0.5, 0.6) is 5.75 Å². The highest BCUT2D eigenvalue weighted by atomic mass is 16.5. The van der Waals surface area contributed by atoms with Crippen molar-refractivity contribution in [3.8, 4) is 17.1 Å². The number of hydrogen-bond donors (Lipinski definition) is 4. The molecule has 0 saturated heterocycles. The lowest BCUT2D eigenvalue weighted by atomic mass is 10.1. The summed E-state index contributed by atoms with van der Waals surface area (Å²) in [5, 5.41) is 21.1. The minimum atomic E-state index is -2.75. The monoisotopic (exact) mass is 415 g/mol. The Bertz CT molecular complexity index is 1180. The number of urea groups is 1. The van der Waals surface area contributed by atoms with E-state index in [1.165, 1.54) is 20.2 Å². The van der Waals surface area contributed by atoms with Crippen LogP contribution in [0.25, 0.3) is 11.4 Å². The first-order chi connectivity index (χ1) is 15.6. The third kappa shape index (κ3) is 4.27. The fourth-order valence-electron chi connectivity index (χ4n) is 2.54. The zero-order valence-corrected chi connectivity index (χ0v) is 16.2. The quantitative estimate of drug-likeness (QED) is 0.470. The molecule has 0 aliphatic heterocycles. The number of methoxy groups -OCH3 is 1. The molecule has 0 unspecified atom stereocenters. The fraction of sp³-hybridized carbons (Fsp3) is 0.222. The van der Waals surface area contributed by atoms with Gasteiger partial charge in [0.2, 0.25) is 11.7 Å². The Morgan fingerprint density at radius 3 is 2.70 bits per heavy atom. The van der Waals surface area contributed by atoms with Crippen molar-refractivity contribution in [2.45, 2.75) is 6.92 Å². The number of benzene rings is 1. The Morgan fingerprint density at radius 1 is 1.20 bits per heavy atom. The standard InChI is InChI=1S/C18H20N8O4/c1-9-21-16(26-30-9)10-6-5-7-11(15(10)29-4)22-12-8-13(23-18(28)20-3)24-25-14(12)17(27)19-2/h5-8H,1-4H3,(H,19,27)(H3,20,22,23,24,28)/i2D3. The lowest BCUT2D eigenvalue weighted by molar-refractivity contribution is 0.0958. The number of nitrogens with zero attached hydrogens (tertiary/aromatic N) is 4. The van der Waals surface area contributed by atoms with E-state index in [0.717, 1.165) is 0 Å². The Balaban J connectivity index is 2.06. The molecule has 30 heavy (non-hydrogen) atoms. The summed E-state index contributed by atoms with van der Waals surface area (Å²) in [5.74, 6) is -0.0369. The van der Waals surface area contributed by atoms with Gasteiger partial charge in [-0.2, -0.15) is 4.98 Å². The average Bonchev–Trinajstić information content (AvgIpc) is 3.18. The summed E-state index contributed by atoms with van der Waals surface area (Å²) in [7, 11) is 2.85. The second-order valence-electron chi connectivity index (χ2n) is 5.80. The number of aryl methyl sites for hydroxylation is 1. The summed E-state index contributed by atoms with van der Waals surface area (Å²) in [4.78, 5) is 28.4. The number of rotatable bonds is 6. The number of anilines is 3. The molecule has 0 radical (unpaired) electrons. The van der Waals surface area contributed by atoms with Gasteiger partial charge in [-0.15, -0.1) is 10.2 Å². The summed E-state index contributed by atoms with van der Waals surface area (Å²) in [6.07, 6.45) is 0. The molecule has 4 N–H and O–H groups in total. The molecule has 0 atom stereocenters. The van der Waals surface area contributed by atoms with Crippen LogP contribution >= 0.6 is 0 Å². The molecule has 2 heterocycles. The van der Waals surface area contributed by atoms with Crippen LogP contribution in [0.2, 0.25) is 0 Å². The van der Waals surface area contributed by atoms with Crippen LogP contribution in [0.15, 0.2) is 28.8 Å². The van der Waals surface area contributed by atoms with Gasteiger partial charge in [0.05, 0.1) is 24.0 Å². The third-order valence-electron chi connectivity index (χ3n) is 3.85. The number of nitrogens with one attached hydrogen (secondary N) is 4. The summed E-state index contributed by atoms with van der Waals surface area (Å²) < 4.78 is 32.4. The number of carbonyl (C=O) groups is 2. The van der Waals surface area contributed by atoms with Gasteiger partial charge in [0.25, 0.3) is 5.91 Å². The van der Waals surface area contributed by atoms with E-state index in [0.29, 0.717) is 22.9 Å². The van der Waals surface area contributed by atoms with Gasteiger partial charge in [-0.05, 0) is 12.1 Å². The molecular formula is C18H20N8O4. The highest BCUT2D eigenvalue weighted by Crippen LogP contribution is 2.37. The van der Waals surface area contributed by atoms with Crippen LogP contribution in [-0.2, 0) is 0 Å². The van der Waals surface area contributed by atoms with Crippen LogP contribution in [0, 0.1) is 6.92 Å². The third-order valence-corrected chi connectivity index (χ3v) is 3.85. The van der Waals surface area contributed by atoms with Crippen molar-refractivity contribution in [2.75, 3.05) is 31.8 Å². The number of hydrogen-bond acceptors (Lipinski definition) is 9. The first kappa shape index (κ1) is 16.7. The minimum absolute atomic E-state index is 0.00574. The second-order valence-corrected chi connectivity index (χ2v) is 5.80. The highest BCUT2D eigenvalue weighted by Gasteiger charge is 2.19. The Kier molecular flexibility index (Phi) is 4.93. The maximum atomic E-state index is 12.5. The molecule has 0 aliphatic rings. The number of ether oxygens (including phenoxy) is 1. The van der Waals surface area contributed by atoms with Gasteiger partial charge >= 0.3 is 6.03 Å². The summed E-state index contributed by atoms with van der Waals surface area (Å²) in [5.41, 5.74) is 0.604. The van der Waals surface area contributed by atoms with E-state index in [1.54, 1.807) is 25.1 Å². The van der Waals surface area contributed by atoms with E-state index in [4.69, 9.17) is 13.4 Å². The van der Waals surface area contributed by atoms with E-state index in [1.807, 2.05) is 5.32 Å². The van der Waals surface area contributed by atoms with Crippen molar-refractivity contribution in [3.63, 3.8) is 0 Å². The number of para-hydroxylation sites is 1. The van der Waals surface area contributed by atoms with Crippen LogP contribution in [-0.4, -0.2) is 53.4 Å². The van der Waals surface area contributed by atoms with Gasteiger partial charge in [0.15, 0.2) is 17.3 Å². The molecule has 156 valence electrons. The van der Waals surface area contributed by atoms with E-state index < -0.39 is 18.9 Å². The van der Waals surface area contributed by atoms with Crippen molar-refractivity contribution in [1.82, 2.24) is 31.0 Å². The Labute approximate surface area is 175 Å². The normalized spacial score (nSPS) is 12.2. The lowest BCUT2D eigenvalue weighted by Crippen LogP contribution is -2.26. The molecule has 1 aromatic carbocycles. The van der Waals surface area contributed by atoms with Crippen molar-refractivity contribution >= 4 is 29.1 Å². The molecule has 0 spiro atoms. The van der Waals surface area contributed by atoms with E-state index in [-0.39, 0.29) is 23.0 Å². The summed E-state index contributed by atoms with van der Waals surface area (Å²) in [6, 6.07) is 5.79. The van der Waals surface area contributed by atoms with Crippen LogP contribution in [0.1, 0.15) is 20.5 Å². The van der Waals surface area contributed by atoms with Gasteiger partial charge in [0.1, 0.15) is 0 Å². The van der Waals surface area contributed by atoms with E-state index in [9.17, 15) is 9.59 Å². The average molecular weight is 415 g/mol. The zero-order chi connectivity index (χ0) is 24.2. The van der Waals surface area contributed by atoms with Gasteiger partial charge in [-0.3, -0.25) is 10.1 Å². The molecule has 2 aromatic heterocycles. The fourth-order valence-corrected chi connectivity index (χ4v) is 2.54. The smallest absolute Gasteiger partial charge is 0.320 e. The topological polar surface area (TPSA) is 156 Å². The van der Waals surface area contributed by atoms with Crippen molar-refractivity contribution < 1.29 is 23.0 Å². The predicted molar refractivity (Wildman–Crippen MR) is 108 cm³/mol. The largest absolute Gasteiger partial charge is 0.494 e. The number of carbonyl (C=O) groups excluding carboxylic acids is 2. The van der Waals surface area contributed by atoms with Crippen LogP contribution in [0.3, 0.4) is 0 Å². The molecular weight excluding hydrogens is 392 g/mol. The minimum Gasteiger partial charge on any atom is -0.494 e. The van der Waals surface area contributed by atoms with Crippen molar-refractivity contribution in [2.24, 2.45) is 0 Å². The predicted octanol–water partition coefficient (Wildman–Crippen LogP) is 1.70. The van der Waals surface area contributed by atoms with Crippen molar-refractivity contribution in [3.05, 3.63) is 35.9 Å². The maximum absolute atomic E-state index is 12.5. The SMILES string of the molecule is [2H]C([2H])([2H])NC(=O)c1nnc(NC(=O)NC)cc1Nc1cccc(-c2noc(C)n2)c1OC. The zero-order valence-electron chi connectivity index (χ0n) is 19.2. The van der Waals surface area contributed by atoms with E-state index in [2.05, 4.69) is 36.3 Å². The van der Waals surface area contributed by atoms with Gasteiger partial charge in [-0.25, -0.2) is 4.79 Å². The highest BCUT2D eigenvalue weighted by molar-refractivity contribution is 5.99. The first-order valence-electron chi connectivity index (χ1n) is 10.0. The number of amides is 3. The Hall–Kier alpha value is -4.22. The van der Waals surface area contributed by atoms with E-state index >= 15 is 0 Å². The van der Waals surface area contributed by atoms with Crippen LogP contribution < -0.4 is 26.0 Å². The molecule has 0 fully saturated rings. The van der Waals surface area contributed by atoms with Gasteiger partial charge < -0.3 is 25.2 Å². The molecule has 0 aliphatic carbocycles. The molecule has 3 aromatic rings. The van der Waals surface area contributed by atoms with Crippen LogP contribution in [0.4, 0.5) is 22.0 Å². The first-order valence-corrected chi connectivity index (χ1v) is 8.55. The molecule has 3 rings (SSSR count). The summed E-state index contributed by atoms with van der Waals surface area (Å²) in [6.45, 7) is -1.10. The van der Waals surface area contributed by atoms with Gasteiger partial charge in [-0.1, -0.05) is 11.2 Å². The summed E-state index contributed by atoms with van der Waals surface area (Å²) >= 11 is 0. The second kappa shape index (κ2) is 8.86. The van der Waals surface area contributed by atoms with Crippen molar-refractivity contribution in [1.29, 1.82) is 0 Å². The molecule has 0 saturated carbocycles.